The lowest BCUT2D eigenvalue weighted by Crippen LogP contribution is -2.48. The third kappa shape index (κ3) is 3.02. The monoisotopic (exact) mass is 354 g/mol. The van der Waals surface area contributed by atoms with Crippen molar-refractivity contribution in [1.29, 1.82) is 0 Å². The molecule has 1 fully saturated rings. The standard InChI is InChI=1S/C20H19ClN2O2/c21-16-5-7-17(8-6-16)23-18(9-10-19(23)24)20(25)22-12-11-14-3-1-2-4-15(14)13-22/h1-8,18H,9-13H2. The Bertz CT molecular complexity index is 819. The first-order valence-electron chi connectivity index (χ1n) is 8.57. The minimum atomic E-state index is -0.418. The fourth-order valence-corrected chi connectivity index (χ4v) is 3.86. The lowest BCUT2D eigenvalue weighted by atomic mass is 9.99. The molecule has 4 rings (SSSR count). The Kier molecular flexibility index (Phi) is 4.22. The van der Waals surface area contributed by atoms with Gasteiger partial charge in [-0.2, -0.15) is 0 Å². The van der Waals surface area contributed by atoms with E-state index in [1.807, 2.05) is 17.0 Å². The fourth-order valence-electron chi connectivity index (χ4n) is 3.74. The first-order chi connectivity index (χ1) is 12.1. The Labute approximate surface area is 152 Å². The Morgan fingerprint density at radius 2 is 1.72 bits per heavy atom. The minimum absolute atomic E-state index is 0.00178. The van der Waals surface area contributed by atoms with Crippen LogP contribution in [0.25, 0.3) is 0 Å². The average molecular weight is 355 g/mol. The van der Waals surface area contributed by atoms with Gasteiger partial charge >= 0.3 is 0 Å². The third-order valence-corrected chi connectivity index (χ3v) is 5.30. The Hall–Kier alpha value is -2.33. The molecule has 2 heterocycles. The van der Waals surface area contributed by atoms with Gasteiger partial charge in [0, 0.05) is 30.2 Å². The van der Waals surface area contributed by atoms with E-state index in [1.54, 1.807) is 29.2 Å². The van der Waals surface area contributed by atoms with E-state index in [1.165, 1.54) is 11.1 Å². The first-order valence-corrected chi connectivity index (χ1v) is 8.94. The van der Waals surface area contributed by atoms with E-state index in [9.17, 15) is 9.59 Å². The molecule has 2 aromatic rings. The second kappa shape index (κ2) is 6.52. The molecule has 0 N–H and O–H groups in total. The van der Waals surface area contributed by atoms with E-state index in [-0.39, 0.29) is 11.8 Å². The number of benzene rings is 2. The summed E-state index contributed by atoms with van der Waals surface area (Å²) in [5, 5.41) is 0.617. The largest absolute Gasteiger partial charge is 0.336 e. The topological polar surface area (TPSA) is 40.6 Å². The van der Waals surface area contributed by atoms with Gasteiger partial charge in [0.05, 0.1) is 0 Å². The van der Waals surface area contributed by atoms with Crippen LogP contribution >= 0.6 is 11.6 Å². The number of anilines is 1. The summed E-state index contributed by atoms with van der Waals surface area (Å²) in [5.41, 5.74) is 3.25. The number of carbonyl (C=O) groups excluding carboxylic acids is 2. The summed E-state index contributed by atoms with van der Waals surface area (Å²) < 4.78 is 0. The Balaban J connectivity index is 1.57. The summed E-state index contributed by atoms with van der Waals surface area (Å²) in [4.78, 5) is 29.0. The second-order valence-electron chi connectivity index (χ2n) is 6.57. The lowest BCUT2D eigenvalue weighted by molar-refractivity contribution is -0.134. The van der Waals surface area contributed by atoms with Gasteiger partial charge in [0.2, 0.25) is 11.8 Å². The van der Waals surface area contributed by atoms with E-state index in [0.717, 1.165) is 12.1 Å². The highest BCUT2D eigenvalue weighted by atomic mass is 35.5. The van der Waals surface area contributed by atoms with E-state index in [2.05, 4.69) is 12.1 Å². The number of fused-ring (bicyclic) bond motifs is 1. The Morgan fingerprint density at radius 1 is 1.00 bits per heavy atom. The van der Waals surface area contributed by atoms with Gasteiger partial charge < -0.3 is 4.90 Å². The lowest BCUT2D eigenvalue weighted by Gasteiger charge is -2.33. The molecule has 0 aromatic heterocycles. The van der Waals surface area contributed by atoms with Crippen molar-refractivity contribution in [2.45, 2.75) is 31.8 Å². The maximum atomic E-state index is 13.1. The van der Waals surface area contributed by atoms with E-state index in [0.29, 0.717) is 31.0 Å². The SMILES string of the molecule is O=C(C1CCC(=O)N1c1ccc(Cl)cc1)N1CCc2ccccc2C1. The van der Waals surface area contributed by atoms with Crippen LogP contribution < -0.4 is 4.90 Å². The number of hydrogen-bond acceptors (Lipinski definition) is 2. The normalized spacial score (nSPS) is 19.9. The van der Waals surface area contributed by atoms with Crippen LogP contribution in [0.4, 0.5) is 5.69 Å². The molecule has 2 aliphatic rings. The number of amides is 2. The van der Waals surface area contributed by atoms with Crippen molar-refractivity contribution >= 4 is 29.1 Å². The molecule has 1 saturated heterocycles. The summed E-state index contributed by atoms with van der Waals surface area (Å²) in [6.45, 7) is 1.32. The molecule has 2 amide bonds. The average Bonchev–Trinajstić information content (AvgIpc) is 3.03. The van der Waals surface area contributed by atoms with Gasteiger partial charge in [-0.3, -0.25) is 14.5 Å². The van der Waals surface area contributed by atoms with Crippen LogP contribution in [0.5, 0.6) is 0 Å². The smallest absolute Gasteiger partial charge is 0.246 e. The summed E-state index contributed by atoms with van der Waals surface area (Å²) >= 11 is 5.94. The molecule has 0 bridgehead atoms. The molecule has 1 unspecified atom stereocenters. The zero-order valence-corrected chi connectivity index (χ0v) is 14.6. The van der Waals surface area contributed by atoms with E-state index < -0.39 is 6.04 Å². The summed E-state index contributed by atoms with van der Waals surface area (Å²) in [6.07, 6.45) is 1.84. The highest BCUT2D eigenvalue weighted by molar-refractivity contribution is 6.30. The summed E-state index contributed by atoms with van der Waals surface area (Å²) in [7, 11) is 0. The molecule has 0 radical (unpaired) electrons. The maximum Gasteiger partial charge on any atom is 0.246 e. The molecule has 0 spiro atoms. The van der Waals surface area contributed by atoms with Crippen LogP contribution in [-0.2, 0) is 22.6 Å². The van der Waals surface area contributed by atoms with Crippen LogP contribution in [0.1, 0.15) is 24.0 Å². The number of halogens is 1. The Morgan fingerprint density at radius 3 is 2.48 bits per heavy atom. The molecule has 5 heteroatoms. The van der Waals surface area contributed by atoms with Gasteiger partial charge in [-0.15, -0.1) is 0 Å². The predicted molar refractivity (Wildman–Crippen MR) is 97.5 cm³/mol. The zero-order valence-electron chi connectivity index (χ0n) is 13.8. The first kappa shape index (κ1) is 16.2. The molecule has 2 aliphatic heterocycles. The van der Waals surface area contributed by atoms with Gasteiger partial charge in [-0.1, -0.05) is 35.9 Å². The van der Waals surface area contributed by atoms with Crippen molar-refractivity contribution in [3.8, 4) is 0 Å². The number of nitrogens with zero attached hydrogens (tertiary/aromatic N) is 2. The number of rotatable bonds is 2. The predicted octanol–water partition coefficient (Wildman–Crippen LogP) is 3.42. The van der Waals surface area contributed by atoms with Gasteiger partial charge in [0.1, 0.15) is 6.04 Å². The van der Waals surface area contributed by atoms with Crippen molar-refractivity contribution in [1.82, 2.24) is 4.90 Å². The zero-order chi connectivity index (χ0) is 17.4. The second-order valence-corrected chi connectivity index (χ2v) is 7.01. The summed E-state index contributed by atoms with van der Waals surface area (Å²) in [5.74, 6) is 0.0355. The molecular weight excluding hydrogens is 336 g/mol. The molecule has 1 atom stereocenters. The van der Waals surface area contributed by atoms with Gasteiger partial charge in [-0.05, 0) is 48.2 Å². The van der Waals surface area contributed by atoms with E-state index in [4.69, 9.17) is 11.6 Å². The van der Waals surface area contributed by atoms with Crippen LogP contribution in [0.2, 0.25) is 5.02 Å². The van der Waals surface area contributed by atoms with E-state index >= 15 is 0 Å². The highest BCUT2D eigenvalue weighted by Gasteiger charge is 2.39. The van der Waals surface area contributed by atoms with Crippen molar-refractivity contribution in [3.05, 3.63) is 64.7 Å². The number of carbonyl (C=O) groups is 2. The quantitative estimate of drug-likeness (QED) is 0.829. The van der Waals surface area contributed by atoms with Crippen molar-refractivity contribution in [2.24, 2.45) is 0 Å². The van der Waals surface area contributed by atoms with Crippen LogP contribution in [0, 0.1) is 0 Å². The van der Waals surface area contributed by atoms with Gasteiger partial charge in [-0.25, -0.2) is 0 Å². The maximum absolute atomic E-state index is 13.1. The fraction of sp³-hybridized carbons (Fsp3) is 0.300. The molecule has 0 saturated carbocycles. The molecule has 4 nitrogen and oxygen atoms in total. The van der Waals surface area contributed by atoms with Crippen LogP contribution in [-0.4, -0.2) is 29.3 Å². The van der Waals surface area contributed by atoms with Gasteiger partial charge in [0.15, 0.2) is 0 Å². The highest BCUT2D eigenvalue weighted by Crippen LogP contribution is 2.30. The number of hydrogen-bond donors (Lipinski definition) is 0. The minimum Gasteiger partial charge on any atom is -0.336 e. The molecule has 25 heavy (non-hydrogen) atoms. The van der Waals surface area contributed by atoms with Gasteiger partial charge in [0.25, 0.3) is 0 Å². The molecule has 0 aliphatic carbocycles. The van der Waals surface area contributed by atoms with Crippen molar-refractivity contribution in [2.75, 3.05) is 11.4 Å². The third-order valence-electron chi connectivity index (χ3n) is 5.04. The van der Waals surface area contributed by atoms with Crippen molar-refractivity contribution in [3.63, 3.8) is 0 Å². The van der Waals surface area contributed by atoms with Crippen LogP contribution in [0.15, 0.2) is 48.5 Å². The summed E-state index contributed by atoms with van der Waals surface area (Å²) in [6, 6.07) is 14.9. The van der Waals surface area contributed by atoms with Crippen molar-refractivity contribution < 1.29 is 9.59 Å². The molecule has 2 aromatic carbocycles. The molecular formula is C20H19ClN2O2. The molecule has 128 valence electrons. The van der Waals surface area contributed by atoms with Crippen LogP contribution in [0.3, 0.4) is 0 Å².